The van der Waals surface area contributed by atoms with E-state index in [9.17, 15) is 4.79 Å². The molecule has 0 aliphatic carbocycles. The molecule has 0 bridgehead atoms. The minimum Gasteiger partial charge on any atom is -0.450 e. The third-order valence-corrected chi connectivity index (χ3v) is 5.74. The number of hydrogen-bond acceptors (Lipinski definition) is 4. The number of rotatable bonds is 6. The Morgan fingerprint density at radius 1 is 1.20 bits per heavy atom. The molecule has 0 atom stereocenters. The molecule has 0 unspecified atom stereocenters. The van der Waals surface area contributed by atoms with Crippen LogP contribution in [0.15, 0.2) is 29.3 Å². The summed E-state index contributed by atoms with van der Waals surface area (Å²) in [4.78, 5) is 20.5. The van der Waals surface area contributed by atoms with Crippen molar-refractivity contribution < 1.29 is 9.53 Å². The normalized spacial score (nSPS) is 17.7. The van der Waals surface area contributed by atoms with Crippen molar-refractivity contribution in [3.63, 3.8) is 0 Å². The van der Waals surface area contributed by atoms with E-state index < -0.39 is 0 Å². The number of ether oxygens (including phenoxy) is 1. The molecule has 1 aromatic carbocycles. The predicted molar refractivity (Wildman–Crippen MR) is 132 cm³/mol. The quantitative estimate of drug-likeness (QED) is 0.257. The second kappa shape index (κ2) is 13.0. The van der Waals surface area contributed by atoms with Crippen LogP contribution < -0.4 is 10.6 Å². The fourth-order valence-electron chi connectivity index (χ4n) is 4.06. The minimum atomic E-state index is -0.200. The van der Waals surface area contributed by atoms with E-state index in [4.69, 9.17) is 4.74 Å². The van der Waals surface area contributed by atoms with Gasteiger partial charge in [-0.3, -0.25) is 9.89 Å². The van der Waals surface area contributed by atoms with Crippen molar-refractivity contribution in [3.8, 4) is 0 Å². The van der Waals surface area contributed by atoms with Gasteiger partial charge in [0.1, 0.15) is 0 Å². The van der Waals surface area contributed by atoms with E-state index in [0.29, 0.717) is 12.6 Å². The average Bonchev–Trinajstić information content (AvgIpc) is 2.76. The van der Waals surface area contributed by atoms with Crippen LogP contribution in [0.3, 0.4) is 0 Å². The van der Waals surface area contributed by atoms with Crippen LogP contribution in [0.5, 0.6) is 0 Å². The van der Waals surface area contributed by atoms with Gasteiger partial charge in [0.15, 0.2) is 5.96 Å². The van der Waals surface area contributed by atoms with Crippen LogP contribution in [-0.4, -0.2) is 74.3 Å². The first-order valence-corrected chi connectivity index (χ1v) is 10.9. The van der Waals surface area contributed by atoms with Gasteiger partial charge in [0.2, 0.25) is 0 Å². The number of amides is 1. The lowest BCUT2D eigenvalue weighted by atomic mass is 10.00. The summed E-state index contributed by atoms with van der Waals surface area (Å²) in [6, 6.07) is 9.11. The summed E-state index contributed by atoms with van der Waals surface area (Å²) >= 11 is 0. The molecule has 1 amide bonds. The number of likely N-dealkylation sites (tertiary alicyclic amines) is 1. The van der Waals surface area contributed by atoms with Gasteiger partial charge in [0.25, 0.3) is 0 Å². The van der Waals surface area contributed by atoms with Gasteiger partial charge >= 0.3 is 6.09 Å². The molecule has 1 aromatic rings. The van der Waals surface area contributed by atoms with Gasteiger partial charge < -0.3 is 20.3 Å². The zero-order valence-corrected chi connectivity index (χ0v) is 20.6. The van der Waals surface area contributed by atoms with Crippen molar-refractivity contribution in [2.24, 2.45) is 4.99 Å². The van der Waals surface area contributed by atoms with Gasteiger partial charge in [-0.1, -0.05) is 24.3 Å². The van der Waals surface area contributed by atoms with Crippen molar-refractivity contribution in [2.45, 2.75) is 45.2 Å². The van der Waals surface area contributed by atoms with Gasteiger partial charge in [-0.15, -0.1) is 24.0 Å². The highest BCUT2D eigenvalue weighted by Gasteiger charge is 2.24. The second-order valence-corrected chi connectivity index (χ2v) is 7.75. The first-order valence-electron chi connectivity index (χ1n) is 10.9. The van der Waals surface area contributed by atoms with E-state index in [1.165, 1.54) is 11.1 Å². The lowest BCUT2D eigenvalue weighted by Crippen LogP contribution is -2.50. The highest BCUT2D eigenvalue weighted by molar-refractivity contribution is 14.0. The smallest absolute Gasteiger partial charge is 0.409 e. The van der Waals surface area contributed by atoms with Crippen LogP contribution in [0.25, 0.3) is 0 Å². The summed E-state index contributed by atoms with van der Waals surface area (Å²) in [5.74, 6) is 0.851. The highest BCUT2D eigenvalue weighted by Crippen LogP contribution is 2.18. The maximum Gasteiger partial charge on any atom is 0.409 e. The molecule has 1 saturated heterocycles. The van der Waals surface area contributed by atoms with Crippen molar-refractivity contribution in [2.75, 3.05) is 46.4 Å². The molecule has 0 saturated carbocycles. The van der Waals surface area contributed by atoms with Crippen LogP contribution in [0.4, 0.5) is 4.79 Å². The summed E-state index contributed by atoms with van der Waals surface area (Å²) in [6.07, 6.45) is 3.86. The Kier molecular flexibility index (Phi) is 10.7. The number of aliphatic imine (C=N–C) groups is 1. The number of carbonyl (C=O) groups is 1. The summed E-state index contributed by atoms with van der Waals surface area (Å²) in [7, 11) is 1.81. The first kappa shape index (κ1) is 24.7. The van der Waals surface area contributed by atoms with E-state index in [0.717, 1.165) is 70.9 Å². The average molecular weight is 529 g/mol. The Bertz CT molecular complexity index is 692. The monoisotopic (exact) mass is 529 g/mol. The predicted octanol–water partition coefficient (Wildman–Crippen LogP) is 2.84. The molecular formula is C22H36IN5O2. The maximum absolute atomic E-state index is 11.8. The lowest BCUT2D eigenvalue weighted by Gasteiger charge is -2.32. The highest BCUT2D eigenvalue weighted by atomic mass is 127. The lowest BCUT2D eigenvalue weighted by molar-refractivity contribution is 0.0963. The van der Waals surface area contributed by atoms with Crippen LogP contribution in [0.1, 0.15) is 37.3 Å². The fraction of sp³-hybridized carbons (Fsp3) is 0.636. The topological polar surface area (TPSA) is 69.2 Å². The van der Waals surface area contributed by atoms with Crippen LogP contribution in [-0.2, 0) is 17.7 Å². The minimum absolute atomic E-state index is 0. The Labute approximate surface area is 197 Å². The molecule has 8 heteroatoms. The number of benzene rings is 1. The van der Waals surface area contributed by atoms with E-state index >= 15 is 0 Å². The molecule has 2 heterocycles. The standard InChI is InChI=1S/C22H35N5O2.HI/c1-3-29-22(28)27-15-10-20(11-16-27)25-21(23-2)24-12-6-13-26-14-9-18-7-4-5-8-19(18)17-26;/h4-5,7-8,20H,3,6,9-17H2,1-2H3,(H2,23,24,25);1H. The molecule has 2 N–H and O–H groups in total. The van der Waals surface area contributed by atoms with Crippen LogP contribution in [0, 0.1) is 0 Å². The summed E-state index contributed by atoms with van der Waals surface area (Å²) in [5.41, 5.74) is 2.97. The second-order valence-electron chi connectivity index (χ2n) is 7.75. The largest absolute Gasteiger partial charge is 0.450 e. The molecule has 1 fully saturated rings. The molecule has 3 rings (SSSR count). The molecule has 2 aliphatic heterocycles. The molecular weight excluding hydrogens is 493 g/mol. The molecule has 7 nitrogen and oxygen atoms in total. The maximum atomic E-state index is 11.8. The third-order valence-electron chi connectivity index (χ3n) is 5.74. The fourth-order valence-corrected chi connectivity index (χ4v) is 4.06. The zero-order chi connectivity index (χ0) is 20.5. The summed E-state index contributed by atoms with van der Waals surface area (Å²) in [5, 5.41) is 6.93. The Hall–Kier alpha value is -1.55. The summed E-state index contributed by atoms with van der Waals surface area (Å²) in [6.45, 7) is 7.92. The number of carbonyl (C=O) groups excluding carboxylic acids is 1. The number of nitrogens with zero attached hydrogens (tertiary/aromatic N) is 3. The number of halogens is 1. The van der Waals surface area contributed by atoms with Gasteiger partial charge in [0.05, 0.1) is 6.61 Å². The number of piperidine rings is 1. The van der Waals surface area contributed by atoms with Gasteiger partial charge in [-0.05, 0) is 43.7 Å². The van der Waals surface area contributed by atoms with E-state index in [-0.39, 0.29) is 30.1 Å². The Balaban J connectivity index is 0.00000320. The third kappa shape index (κ3) is 7.30. The summed E-state index contributed by atoms with van der Waals surface area (Å²) < 4.78 is 5.08. The van der Waals surface area contributed by atoms with Gasteiger partial charge in [-0.2, -0.15) is 0 Å². The number of hydrogen-bond donors (Lipinski definition) is 2. The van der Waals surface area contributed by atoms with E-state index in [1.807, 2.05) is 14.0 Å². The van der Waals surface area contributed by atoms with Crippen molar-refractivity contribution in [3.05, 3.63) is 35.4 Å². The van der Waals surface area contributed by atoms with Crippen molar-refractivity contribution >= 4 is 36.0 Å². The van der Waals surface area contributed by atoms with Crippen molar-refractivity contribution in [1.82, 2.24) is 20.4 Å². The van der Waals surface area contributed by atoms with Crippen LogP contribution >= 0.6 is 24.0 Å². The number of fused-ring (bicyclic) bond motifs is 1. The number of guanidine groups is 1. The first-order chi connectivity index (χ1) is 14.2. The molecule has 0 aromatic heterocycles. The Morgan fingerprint density at radius 3 is 2.63 bits per heavy atom. The van der Waals surface area contributed by atoms with Crippen molar-refractivity contribution in [1.29, 1.82) is 0 Å². The van der Waals surface area contributed by atoms with E-state index in [1.54, 1.807) is 4.90 Å². The Morgan fingerprint density at radius 2 is 1.93 bits per heavy atom. The molecule has 0 radical (unpaired) electrons. The molecule has 0 spiro atoms. The zero-order valence-electron chi connectivity index (χ0n) is 18.2. The molecule has 2 aliphatic rings. The molecule has 168 valence electrons. The number of nitrogens with one attached hydrogen (secondary N) is 2. The van der Waals surface area contributed by atoms with Crippen LogP contribution in [0.2, 0.25) is 0 Å². The van der Waals surface area contributed by atoms with E-state index in [2.05, 4.69) is 44.8 Å². The van der Waals surface area contributed by atoms with Gasteiger partial charge in [0, 0.05) is 52.4 Å². The molecule has 30 heavy (non-hydrogen) atoms. The SMILES string of the molecule is CCOC(=O)N1CCC(NC(=NC)NCCCN2CCc3ccccc3C2)CC1.I. The van der Waals surface area contributed by atoms with Gasteiger partial charge in [-0.25, -0.2) is 4.79 Å².